The molecule has 3 atom stereocenters. The van der Waals surface area contributed by atoms with Gasteiger partial charge >= 0.3 is 0 Å². The Balaban J connectivity index is 1.80. The zero-order valence-corrected chi connectivity index (χ0v) is 13.3. The molecule has 2 aliphatic rings. The Hall–Kier alpha value is -0.610. The number of carbonyl (C=O) groups is 1. The third-order valence-electron chi connectivity index (χ3n) is 5.13. The minimum absolute atomic E-state index is 0.232. The van der Waals surface area contributed by atoms with Crippen LogP contribution in [0.25, 0.3) is 0 Å². The average Bonchev–Trinajstić information content (AvgIpc) is 2.41. The maximum Gasteiger partial charge on any atom is 0.225 e. The summed E-state index contributed by atoms with van der Waals surface area (Å²) in [6.07, 6.45) is 5.30. The van der Waals surface area contributed by atoms with Crippen LogP contribution in [0, 0.1) is 17.8 Å². The highest BCUT2D eigenvalue weighted by atomic mass is 16.2. The van der Waals surface area contributed by atoms with E-state index >= 15 is 0 Å². The van der Waals surface area contributed by atoms with Crippen LogP contribution < -0.4 is 5.73 Å². The number of hydrogen-bond donors (Lipinski definition) is 1. The van der Waals surface area contributed by atoms with Crippen molar-refractivity contribution in [2.24, 2.45) is 23.5 Å². The molecule has 1 aliphatic heterocycles. The van der Waals surface area contributed by atoms with Gasteiger partial charge in [-0.3, -0.25) is 4.79 Å². The number of nitrogens with zero attached hydrogens (tertiary/aromatic N) is 2. The van der Waals surface area contributed by atoms with Crippen molar-refractivity contribution in [2.75, 3.05) is 33.7 Å². The molecule has 0 bridgehead atoms. The standard InChI is InChI=1S/C16H31N3O/c1-12-10-14(4-5-15(12)17)16(20)19-8-6-13(7-9-19)11-18(2)3/h12-15H,4-11,17H2,1-3H3. The minimum atomic E-state index is 0.232. The molecule has 0 aromatic rings. The van der Waals surface area contributed by atoms with Gasteiger partial charge in [0.2, 0.25) is 5.91 Å². The van der Waals surface area contributed by atoms with Gasteiger partial charge in [-0.15, -0.1) is 0 Å². The molecule has 4 nitrogen and oxygen atoms in total. The number of nitrogens with two attached hydrogens (primary N) is 1. The largest absolute Gasteiger partial charge is 0.342 e. The van der Waals surface area contributed by atoms with Crippen molar-refractivity contribution in [3.05, 3.63) is 0 Å². The van der Waals surface area contributed by atoms with Crippen LogP contribution in [-0.4, -0.2) is 55.5 Å². The zero-order valence-electron chi connectivity index (χ0n) is 13.3. The second-order valence-electron chi connectivity index (χ2n) is 7.18. The van der Waals surface area contributed by atoms with Gasteiger partial charge in [0.1, 0.15) is 0 Å². The molecule has 4 heteroatoms. The van der Waals surface area contributed by atoms with E-state index in [2.05, 4.69) is 30.8 Å². The molecule has 2 N–H and O–H groups in total. The van der Waals surface area contributed by atoms with E-state index in [1.165, 1.54) is 0 Å². The normalized spacial score (nSPS) is 32.6. The molecule has 1 heterocycles. The first-order valence-corrected chi connectivity index (χ1v) is 8.16. The molecule has 1 saturated carbocycles. The van der Waals surface area contributed by atoms with Crippen LogP contribution in [0.4, 0.5) is 0 Å². The van der Waals surface area contributed by atoms with Gasteiger partial charge in [0.25, 0.3) is 0 Å². The van der Waals surface area contributed by atoms with Crippen molar-refractivity contribution in [2.45, 2.75) is 45.1 Å². The summed E-state index contributed by atoms with van der Waals surface area (Å²) < 4.78 is 0. The van der Waals surface area contributed by atoms with Gasteiger partial charge < -0.3 is 15.5 Å². The van der Waals surface area contributed by atoms with Crippen LogP contribution in [0.15, 0.2) is 0 Å². The van der Waals surface area contributed by atoms with Crippen molar-refractivity contribution in [1.29, 1.82) is 0 Å². The van der Waals surface area contributed by atoms with Gasteiger partial charge in [-0.25, -0.2) is 0 Å². The monoisotopic (exact) mass is 281 g/mol. The predicted octanol–water partition coefficient (Wildman–Crippen LogP) is 1.55. The lowest BCUT2D eigenvalue weighted by Crippen LogP contribution is -2.46. The van der Waals surface area contributed by atoms with E-state index in [9.17, 15) is 4.79 Å². The Labute approximate surface area is 123 Å². The van der Waals surface area contributed by atoms with Crippen molar-refractivity contribution >= 4 is 5.91 Å². The van der Waals surface area contributed by atoms with Gasteiger partial charge in [-0.05, 0) is 58.0 Å². The molecule has 20 heavy (non-hydrogen) atoms. The van der Waals surface area contributed by atoms with Crippen LogP contribution in [0.1, 0.15) is 39.0 Å². The van der Waals surface area contributed by atoms with Gasteiger partial charge in [0.05, 0.1) is 0 Å². The van der Waals surface area contributed by atoms with E-state index in [1.807, 2.05) is 0 Å². The van der Waals surface area contributed by atoms with Gasteiger partial charge in [-0.2, -0.15) is 0 Å². The first-order valence-electron chi connectivity index (χ1n) is 8.16. The maximum absolute atomic E-state index is 12.6. The van der Waals surface area contributed by atoms with Gasteiger partial charge in [0.15, 0.2) is 0 Å². The summed E-state index contributed by atoms with van der Waals surface area (Å²) in [6, 6.07) is 0.296. The van der Waals surface area contributed by atoms with E-state index in [-0.39, 0.29) is 5.92 Å². The van der Waals surface area contributed by atoms with Gasteiger partial charge in [-0.1, -0.05) is 6.92 Å². The summed E-state index contributed by atoms with van der Waals surface area (Å²) in [5, 5.41) is 0. The van der Waals surface area contributed by atoms with E-state index in [0.717, 1.165) is 57.7 Å². The second-order valence-corrected chi connectivity index (χ2v) is 7.18. The molecular formula is C16H31N3O. The molecule has 0 aromatic carbocycles. The molecule has 0 spiro atoms. The number of rotatable bonds is 3. The first-order chi connectivity index (χ1) is 9.47. The summed E-state index contributed by atoms with van der Waals surface area (Å²) in [5.74, 6) is 1.87. The van der Waals surface area contributed by atoms with Crippen LogP contribution >= 0.6 is 0 Å². The van der Waals surface area contributed by atoms with Crippen LogP contribution in [0.3, 0.4) is 0 Å². The summed E-state index contributed by atoms with van der Waals surface area (Å²) in [6.45, 7) is 5.24. The molecule has 0 radical (unpaired) electrons. The van der Waals surface area contributed by atoms with Crippen molar-refractivity contribution in [1.82, 2.24) is 9.80 Å². The number of piperidine rings is 1. The predicted molar refractivity (Wildman–Crippen MR) is 82.3 cm³/mol. The molecule has 3 unspecified atom stereocenters. The van der Waals surface area contributed by atoms with Crippen molar-refractivity contribution < 1.29 is 4.79 Å². The minimum Gasteiger partial charge on any atom is -0.342 e. The Bertz CT molecular complexity index is 324. The molecular weight excluding hydrogens is 250 g/mol. The van der Waals surface area contributed by atoms with E-state index in [0.29, 0.717) is 17.9 Å². The lowest BCUT2D eigenvalue weighted by Gasteiger charge is -2.38. The molecule has 2 fully saturated rings. The third-order valence-corrected chi connectivity index (χ3v) is 5.13. The lowest BCUT2D eigenvalue weighted by atomic mass is 9.78. The van der Waals surface area contributed by atoms with E-state index in [1.54, 1.807) is 0 Å². The first kappa shape index (κ1) is 15.8. The Kier molecular flexibility index (Phi) is 5.44. The third kappa shape index (κ3) is 3.95. The van der Waals surface area contributed by atoms with E-state index in [4.69, 9.17) is 5.73 Å². The van der Waals surface area contributed by atoms with Crippen LogP contribution in [-0.2, 0) is 4.79 Å². The van der Waals surface area contributed by atoms with E-state index < -0.39 is 0 Å². The summed E-state index contributed by atoms with van der Waals surface area (Å²) >= 11 is 0. The fourth-order valence-electron chi connectivity index (χ4n) is 3.75. The molecule has 2 rings (SSSR count). The van der Waals surface area contributed by atoms with Crippen molar-refractivity contribution in [3.63, 3.8) is 0 Å². The number of hydrogen-bond acceptors (Lipinski definition) is 3. The highest BCUT2D eigenvalue weighted by Crippen LogP contribution is 2.30. The summed E-state index contributed by atoms with van der Waals surface area (Å²) in [7, 11) is 4.26. The Morgan fingerprint density at radius 1 is 1.20 bits per heavy atom. The van der Waals surface area contributed by atoms with Crippen LogP contribution in [0.5, 0.6) is 0 Å². The summed E-state index contributed by atoms with van der Waals surface area (Å²) in [5.41, 5.74) is 6.05. The number of carbonyl (C=O) groups excluding carboxylic acids is 1. The fraction of sp³-hybridized carbons (Fsp3) is 0.938. The molecule has 116 valence electrons. The number of likely N-dealkylation sites (tertiary alicyclic amines) is 1. The second kappa shape index (κ2) is 6.90. The highest BCUT2D eigenvalue weighted by Gasteiger charge is 2.33. The molecule has 1 saturated heterocycles. The Morgan fingerprint density at radius 2 is 1.85 bits per heavy atom. The average molecular weight is 281 g/mol. The SMILES string of the molecule is CC1CC(C(=O)N2CCC(CN(C)C)CC2)CCC1N. The molecule has 1 aliphatic carbocycles. The summed E-state index contributed by atoms with van der Waals surface area (Å²) in [4.78, 5) is 17.0. The van der Waals surface area contributed by atoms with Crippen molar-refractivity contribution in [3.8, 4) is 0 Å². The quantitative estimate of drug-likeness (QED) is 0.854. The zero-order chi connectivity index (χ0) is 14.7. The Morgan fingerprint density at radius 3 is 2.40 bits per heavy atom. The van der Waals surface area contributed by atoms with Crippen LogP contribution in [0.2, 0.25) is 0 Å². The lowest BCUT2D eigenvalue weighted by molar-refractivity contribution is -0.138. The topological polar surface area (TPSA) is 49.6 Å². The number of amides is 1. The maximum atomic E-state index is 12.6. The van der Waals surface area contributed by atoms with Gasteiger partial charge in [0, 0.05) is 31.6 Å². The highest BCUT2D eigenvalue weighted by molar-refractivity contribution is 5.79. The smallest absolute Gasteiger partial charge is 0.225 e. The molecule has 1 amide bonds. The fourth-order valence-corrected chi connectivity index (χ4v) is 3.75. The molecule has 0 aromatic heterocycles.